The van der Waals surface area contributed by atoms with Crippen molar-refractivity contribution in [3.8, 4) is 0 Å². The van der Waals surface area contributed by atoms with Gasteiger partial charge in [0.05, 0.1) is 0 Å². The Labute approximate surface area is 47.7 Å². The van der Waals surface area contributed by atoms with E-state index in [0.717, 1.165) is 0 Å². The monoisotopic (exact) mass is 109 g/mol. The summed E-state index contributed by atoms with van der Waals surface area (Å²) in [4.78, 5) is 3.74. The standard InChI is InChI=1S/C5H7N3/c1-2-3-8-5-6-4-7-8/h2-5H,1H3. The molecule has 1 aromatic heterocycles. The Morgan fingerprint density at radius 1 is 1.62 bits per heavy atom. The minimum atomic E-state index is 1.50. The number of allylic oxidation sites excluding steroid dienone is 1. The van der Waals surface area contributed by atoms with Gasteiger partial charge in [0, 0.05) is 6.20 Å². The van der Waals surface area contributed by atoms with Crippen molar-refractivity contribution in [3.05, 3.63) is 18.7 Å². The zero-order valence-electron chi connectivity index (χ0n) is 4.65. The van der Waals surface area contributed by atoms with Gasteiger partial charge in [0.25, 0.3) is 0 Å². The van der Waals surface area contributed by atoms with Crippen molar-refractivity contribution in [1.82, 2.24) is 14.8 Å². The van der Waals surface area contributed by atoms with Gasteiger partial charge in [-0.1, -0.05) is 6.08 Å². The molecule has 0 saturated carbocycles. The van der Waals surface area contributed by atoms with E-state index < -0.39 is 0 Å². The average Bonchev–Trinajstić information content (AvgIpc) is 2.19. The Bertz CT molecular complexity index is 164. The zero-order chi connectivity index (χ0) is 5.82. The first-order valence-corrected chi connectivity index (χ1v) is 2.40. The molecule has 0 aliphatic heterocycles. The van der Waals surface area contributed by atoms with Gasteiger partial charge >= 0.3 is 0 Å². The van der Waals surface area contributed by atoms with Crippen LogP contribution >= 0.6 is 0 Å². The maximum atomic E-state index is 3.82. The third-order valence-electron chi connectivity index (χ3n) is 0.738. The molecule has 42 valence electrons. The summed E-state index contributed by atoms with van der Waals surface area (Å²) in [7, 11) is 0. The van der Waals surface area contributed by atoms with Crippen molar-refractivity contribution in [2.45, 2.75) is 6.92 Å². The largest absolute Gasteiger partial charge is 0.229 e. The van der Waals surface area contributed by atoms with Crippen LogP contribution in [0.1, 0.15) is 6.92 Å². The molecule has 3 nitrogen and oxygen atoms in total. The minimum Gasteiger partial charge on any atom is -0.229 e. The van der Waals surface area contributed by atoms with Crippen molar-refractivity contribution in [2.75, 3.05) is 0 Å². The summed E-state index contributed by atoms with van der Waals surface area (Å²) in [5.41, 5.74) is 0. The molecular weight excluding hydrogens is 102 g/mol. The fourth-order valence-electron chi connectivity index (χ4n) is 0.447. The van der Waals surface area contributed by atoms with Crippen LogP contribution in [0.25, 0.3) is 6.20 Å². The molecule has 1 aromatic rings. The highest BCUT2D eigenvalue weighted by Crippen LogP contribution is 1.78. The van der Waals surface area contributed by atoms with Crippen molar-refractivity contribution in [2.24, 2.45) is 0 Å². The van der Waals surface area contributed by atoms with Crippen LogP contribution in [0.15, 0.2) is 18.7 Å². The third kappa shape index (κ3) is 0.932. The van der Waals surface area contributed by atoms with Crippen LogP contribution < -0.4 is 0 Å². The summed E-state index contributed by atoms with van der Waals surface area (Å²) in [5.74, 6) is 0. The Morgan fingerprint density at radius 2 is 2.50 bits per heavy atom. The second-order valence-electron chi connectivity index (χ2n) is 1.36. The fourth-order valence-corrected chi connectivity index (χ4v) is 0.447. The highest BCUT2D eigenvalue weighted by molar-refractivity contribution is 5.16. The Kier molecular flexibility index (Phi) is 1.42. The molecule has 3 heteroatoms. The van der Waals surface area contributed by atoms with Crippen LogP contribution in [0.5, 0.6) is 0 Å². The SMILES string of the molecule is CC=Cn1cncn1. The predicted molar refractivity (Wildman–Crippen MR) is 31.0 cm³/mol. The lowest BCUT2D eigenvalue weighted by Gasteiger charge is -1.81. The average molecular weight is 109 g/mol. The number of rotatable bonds is 1. The van der Waals surface area contributed by atoms with E-state index in [9.17, 15) is 0 Å². The lowest BCUT2D eigenvalue weighted by Crippen LogP contribution is -1.82. The van der Waals surface area contributed by atoms with Crippen molar-refractivity contribution < 1.29 is 0 Å². The van der Waals surface area contributed by atoms with Crippen LogP contribution in [0.3, 0.4) is 0 Å². The summed E-state index contributed by atoms with van der Waals surface area (Å²) >= 11 is 0. The molecule has 0 radical (unpaired) electrons. The molecule has 0 amide bonds. The lowest BCUT2D eigenvalue weighted by atomic mass is 10.7. The van der Waals surface area contributed by atoms with E-state index in [0.29, 0.717) is 0 Å². The van der Waals surface area contributed by atoms with Gasteiger partial charge in [0.15, 0.2) is 0 Å². The van der Waals surface area contributed by atoms with Gasteiger partial charge < -0.3 is 0 Å². The highest BCUT2D eigenvalue weighted by Gasteiger charge is 1.76. The molecule has 0 saturated heterocycles. The van der Waals surface area contributed by atoms with Crippen LogP contribution in [0.2, 0.25) is 0 Å². The van der Waals surface area contributed by atoms with Gasteiger partial charge in [-0.3, -0.25) is 0 Å². The molecular formula is C5H7N3. The van der Waals surface area contributed by atoms with Crippen LogP contribution in [0.4, 0.5) is 0 Å². The highest BCUT2D eigenvalue weighted by atomic mass is 15.3. The summed E-state index contributed by atoms with van der Waals surface area (Å²) in [5, 5.41) is 3.82. The Balaban J connectivity index is 2.77. The van der Waals surface area contributed by atoms with Crippen LogP contribution in [-0.4, -0.2) is 14.8 Å². The summed E-state index contributed by atoms with van der Waals surface area (Å²) in [6, 6.07) is 0. The fraction of sp³-hybridized carbons (Fsp3) is 0.200. The smallest absolute Gasteiger partial charge is 0.138 e. The quantitative estimate of drug-likeness (QED) is 0.533. The molecule has 0 aliphatic carbocycles. The first-order valence-electron chi connectivity index (χ1n) is 2.40. The van der Waals surface area contributed by atoms with E-state index in [1.165, 1.54) is 6.33 Å². The Hall–Kier alpha value is -1.12. The summed E-state index contributed by atoms with van der Waals surface area (Å²) in [6.45, 7) is 1.93. The van der Waals surface area contributed by atoms with Gasteiger partial charge in [-0.25, -0.2) is 9.67 Å². The third-order valence-corrected chi connectivity index (χ3v) is 0.738. The maximum absolute atomic E-state index is 3.82. The van der Waals surface area contributed by atoms with E-state index in [1.54, 1.807) is 11.0 Å². The molecule has 0 spiro atoms. The Morgan fingerprint density at radius 3 is 3.00 bits per heavy atom. The molecule has 0 unspecified atom stereocenters. The van der Waals surface area contributed by atoms with Crippen LogP contribution in [0, 0.1) is 0 Å². The molecule has 0 N–H and O–H groups in total. The van der Waals surface area contributed by atoms with E-state index in [-0.39, 0.29) is 0 Å². The second kappa shape index (κ2) is 2.26. The maximum Gasteiger partial charge on any atom is 0.138 e. The minimum absolute atomic E-state index is 1.50. The topological polar surface area (TPSA) is 30.7 Å². The van der Waals surface area contributed by atoms with Crippen molar-refractivity contribution in [1.29, 1.82) is 0 Å². The summed E-state index contributed by atoms with van der Waals surface area (Å²) < 4.78 is 1.64. The molecule has 1 rings (SSSR count). The number of hydrogen-bond acceptors (Lipinski definition) is 2. The van der Waals surface area contributed by atoms with E-state index >= 15 is 0 Å². The van der Waals surface area contributed by atoms with Crippen molar-refractivity contribution >= 4 is 6.20 Å². The molecule has 0 atom stereocenters. The number of aromatic nitrogens is 3. The normalized spacial score (nSPS) is 10.6. The lowest BCUT2D eigenvalue weighted by molar-refractivity contribution is 0.932. The number of hydrogen-bond donors (Lipinski definition) is 0. The molecule has 1 heterocycles. The molecule has 0 aliphatic rings. The van der Waals surface area contributed by atoms with E-state index in [4.69, 9.17) is 0 Å². The molecule has 0 fully saturated rings. The molecule has 0 aromatic carbocycles. The predicted octanol–water partition coefficient (Wildman–Crippen LogP) is 0.769. The van der Waals surface area contributed by atoms with Crippen LogP contribution in [-0.2, 0) is 0 Å². The van der Waals surface area contributed by atoms with Gasteiger partial charge in [-0.2, -0.15) is 5.10 Å². The first-order chi connectivity index (χ1) is 3.93. The molecule has 0 bridgehead atoms. The first kappa shape index (κ1) is 5.03. The van der Waals surface area contributed by atoms with Gasteiger partial charge in [-0.05, 0) is 6.92 Å². The van der Waals surface area contributed by atoms with E-state index in [2.05, 4.69) is 10.1 Å². The second-order valence-corrected chi connectivity index (χ2v) is 1.36. The van der Waals surface area contributed by atoms with E-state index in [1.807, 2.05) is 19.2 Å². The number of nitrogens with zero attached hydrogens (tertiary/aromatic N) is 3. The molecule has 8 heavy (non-hydrogen) atoms. The zero-order valence-corrected chi connectivity index (χ0v) is 4.65. The van der Waals surface area contributed by atoms with Gasteiger partial charge in [-0.15, -0.1) is 0 Å². The van der Waals surface area contributed by atoms with Gasteiger partial charge in [0.2, 0.25) is 0 Å². The van der Waals surface area contributed by atoms with Crippen molar-refractivity contribution in [3.63, 3.8) is 0 Å². The summed E-state index contributed by atoms with van der Waals surface area (Å²) in [6.07, 6.45) is 6.86. The van der Waals surface area contributed by atoms with Gasteiger partial charge in [0.1, 0.15) is 12.7 Å².